The van der Waals surface area contributed by atoms with Gasteiger partial charge in [-0.25, -0.2) is 0 Å². The number of hydrogen-bond acceptors (Lipinski definition) is 1. The van der Waals surface area contributed by atoms with Crippen molar-refractivity contribution >= 4 is 0 Å². The highest BCUT2D eigenvalue weighted by Crippen LogP contribution is 2.46. The molecule has 0 aromatic carbocycles. The molecule has 1 aliphatic heterocycles. The Morgan fingerprint density at radius 2 is 2.29 bits per heavy atom. The van der Waals surface area contributed by atoms with Crippen molar-refractivity contribution in [3.05, 3.63) is 23.4 Å². The molecule has 0 aromatic rings. The molecule has 2 aliphatic rings. The largest absolute Gasteiger partial charge is 0.388 e. The summed E-state index contributed by atoms with van der Waals surface area (Å²) in [5.74, 6) is 0. The minimum atomic E-state index is 0.413. The Morgan fingerprint density at radius 3 is 2.86 bits per heavy atom. The van der Waals surface area contributed by atoms with E-state index in [1.165, 1.54) is 38.6 Å². The van der Waals surface area contributed by atoms with Gasteiger partial charge >= 0.3 is 0 Å². The van der Waals surface area contributed by atoms with Crippen LogP contribution in [0.25, 0.3) is 0 Å². The summed E-state index contributed by atoms with van der Waals surface area (Å²) >= 11 is 0. The lowest BCUT2D eigenvalue weighted by Crippen LogP contribution is -2.33. The first-order valence-corrected chi connectivity index (χ1v) is 5.90. The molecule has 1 aliphatic carbocycles. The molecule has 1 heterocycles. The van der Waals surface area contributed by atoms with E-state index in [0.29, 0.717) is 5.41 Å². The van der Waals surface area contributed by atoms with Crippen molar-refractivity contribution in [2.24, 2.45) is 5.41 Å². The lowest BCUT2D eigenvalue weighted by atomic mass is 9.69. The topological polar surface area (TPSA) is 12.0 Å². The Morgan fingerprint density at radius 1 is 1.50 bits per heavy atom. The molecule has 2 rings (SSSR count). The molecule has 78 valence electrons. The van der Waals surface area contributed by atoms with Gasteiger partial charge in [-0.1, -0.05) is 31.1 Å². The van der Waals surface area contributed by atoms with E-state index in [9.17, 15) is 0 Å². The van der Waals surface area contributed by atoms with Crippen molar-refractivity contribution in [2.45, 2.75) is 46.0 Å². The van der Waals surface area contributed by atoms with Crippen LogP contribution in [0.3, 0.4) is 0 Å². The molecule has 1 atom stereocenters. The highest BCUT2D eigenvalue weighted by Gasteiger charge is 2.37. The monoisotopic (exact) mass is 191 g/mol. The number of rotatable bonds is 1. The third kappa shape index (κ3) is 1.49. The standard InChI is InChI=1S/C13H21N/c1-3-11(2)12-13(8-6-9-13)7-4-5-10-14-12/h6,8,14H,3-5,7,9-10H2,1-2H3/b12-11-. The van der Waals surface area contributed by atoms with Crippen molar-refractivity contribution in [1.29, 1.82) is 0 Å². The highest BCUT2D eigenvalue weighted by molar-refractivity contribution is 5.32. The molecule has 0 saturated carbocycles. The minimum Gasteiger partial charge on any atom is -0.388 e. The van der Waals surface area contributed by atoms with Crippen molar-refractivity contribution in [3.8, 4) is 0 Å². The molecular weight excluding hydrogens is 170 g/mol. The van der Waals surface area contributed by atoms with Crippen LogP contribution in [-0.2, 0) is 0 Å². The fourth-order valence-electron chi connectivity index (χ4n) is 2.61. The smallest absolute Gasteiger partial charge is 0.0313 e. The molecule has 0 amide bonds. The van der Waals surface area contributed by atoms with E-state index in [1.807, 2.05) is 0 Å². The van der Waals surface area contributed by atoms with Gasteiger partial charge in [-0.2, -0.15) is 0 Å². The Balaban J connectivity index is 2.30. The summed E-state index contributed by atoms with van der Waals surface area (Å²) in [7, 11) is 0. The molecule has 0 radical (unpaired) electrons. The molecule has 1 spiro atoms. The molecule has 1 saturated heterocycles. The zero-order valence-corrected chi connectivity index (χ0v) is 9.40. The van der Waals surface area contributed by atoms with E-state index in [2.05, 4.69) is 31.3 Å². The van der Waals surface area contributed by atoms with Crippen molar-refractivity contribution in [3.63, 3.8) is 0 Å². The van der Waals surface area contributed by atoms with Crippen molar-refractivity contribution in [2.75, 3.05) is 6.54 Å². The van der Waals surface area contributed by atoms with E-state index in [1.54, 1.807) is 11.3 Å². The lowest BCUT2D eigenvalue weighted by molar-refractivity contribution is 0.373. The van der Waals surface area contributed by atoms with Gasteiger partial charge in [0.15, 0.2) is 0 Å². The van der Waals surface area contributed by atoms with Crippen LogP contribution < -0.4 is 5.32 Å². The van der Waals surface area contributed by atoms with E-state index in [4.69, 9.17) is 0 Å². The molecule has 1 N–H and O–H groups in total. The molecule has 1 fully saturated rings. The van der Waals surface area contributed by atoms with Gasteiger partial charge in [0.2, 0.25) is 0 Å². The first-order chi connectivity index (χ1) is 6.78. The van der Waals surface area contributed by atoms with Gasteiger partial charge in [0.05, 0.1) is 0 Å². The van der Waals surface area contributed by atoms with E-state index in [0.717, 1.165) is 0 Å². The minimum absolute atomic E-state index is 0.413. The van der Waals surface area contributed by atoms with Crippen molar-refractivity contribution < 1.29 is 0 Å². The quantitative estimate of drug-likeness (QED) is 0.626. The van der Waals surface area contributed by atoms with Crippen LogP contribution in [0.1, 0.15) is 46.0 Å². The average molecular weight is 191 g/mol. The summed E-state index contributed by atoms with van der Waals surface area (Å²) in [6, 6.07) is 0. The first-order valence-electron chi connectivity index (χ1n) is 5.90. The average Bonchev–Trinajstić information content (AvgIpc) is 2.37. The van der Waals surface area contributed by atoms with E-state index in [-0.39, 0.29) is 0 Å². The first kappa shape index (κ1) is 9.82. The second-order valence-electron chi connectivity index (χ2n) is 4.66. The predicted octanol–water partition coefficient (Wildman–Crippen LogP) is 3.39. The normalized spacial score (nSPS) is 34.7. The maximum absolute atomic E-state index is 3.65. The van der Waals surface area contributed by atoms with Crippen LogP contribution in [0.4, 0.5) is 0 Å². The van der Waals surface area contributed by atoms with Crippen LogP contribution >= 0.6 is 0 Å². The Labute approximate surface area is 87.3 Å². The maximum atomic E-state index is 3.65. The number of hydrogen-bond donors (Lipinski definition) is 1. The summed E-state index contributed by atoms with van der Waals surface area (Å²) < 4.78 is 0. The van der Waals surface area contributed by atoms with Crippen LogP contribution in [0.2, 0.25) is 0 Å². The van der Waals surface area contributed by atoms with Gasteiger partial charge in [0.1, 0.15) is 0 Å². The van der Waals surface area contributed by atoms with Gasteiger partial charge in [-0.15, -0.1) is 0 Å². The third-order valence-electron chi connectivity index (χ3n) is 3.73. The Hall–Kier alpha value is -0.720. The zero-order valence-electron chi connectivity index (χ0n) is 9.40. The van der Waals surface area contributed by atoms with Crippen LogP contribution in [0, 0.1) is 5.41 Å². The molecule has 0 bridgehead atoms. The van der Waals surface area contributed by atoms with Gasteiger partial charge in [-0.3, -0.25) is 0 Å². The van der Waals surface area contributed by atoms with E-state index >= 15 is 0 Å². The second-order valence-corrected chi connectivity index (χ2v) is 4.66. The van der Waals surface area contributed by atoms with Crippen LogP contribution in [0.15, 0.2) is 23.4 Å². The predicted molar refractivity (Wildman–Crippen MR) is 61.0 cm³/mol. The molecule has 14 heavy (non-hydrogen) atoms. The number of nitrogens with one attached hydrogen (secondary N) is 1. The number of allylic oxidation sites excluding steroid dienone is 3. The van der Waals surface area contributed by atoms with Crippen LogP contribution in [-0.4, -0.2) is 6.54 Å². The summed E-state index contributed by atoms with van der Waals surface area (Å²) in [5, 5.41) is 3.65. The summed E-state index contributed by atoms with van der Waals surface area (Å²) in [6.07, 6.45) is 11.2. The summed E-state index contributed by atoms with van der Waals surface area (Å²) in [5.41, 5.74) is 3.51. The molecular formula is C13H21N. The second kappa shape index (κ2) is 3.80. The Kier molecular flexibility index (Phi) is 2.66. The Bertz CT molecular complexity index is 275. The molecule has 1 nitrogen and oxygen atoms in total. The molecule has 0 aromatic heterocycles. The molecule has 1 unspecified atom stereocenters. The van der Waals surface area contributed by atoms with Gasteiger partial charge < -0.3 is 5.32 Å². The highest BCUT2D eigenvalue weighted by atomic mass is 14.9. The van der Waals surface area contributed by atoms with Gasteiger partial charge in [0, 0.05) is 17.7 Å². The van der Waals surface area contributed by atoms with Gasteiger partial charge in [-0.05, 0) is 32.6 Å². The fourth-order valence-corrected chi connectivity index (χ4v) is 2.61. The van der Waals surface area contributed by atoms with Gasteiger partial charge in [0.25, 0.3) is 0 Å². The van der Waals surface area contributed by atoms with Crippen LogP contribution in [0.5, 0.6) is 0 Å². The fraction of sp³-hybridized carbons (Fsp3) is 0.692. The zero-order chi connectivity index (χ0) is 10.0. The SMILES string of the molecule is CC/C(C)=C1\NCCCCC12C=CC2. The summed E-state index contributed by atoms with van der Waals surface area (Å²) in [4.78, 5) is 0. The lowest BCUT2D eigenvalue weighted by Gasteiger charge is -2.38. The summed E-state index contributed by atoms with van der Waals surface area (Å²) in [6.45, 7) is 5.70. The van der Waals surface area contributed by atoms with Crippen molar-refractivity contribution in [1.82, 2.24) is 5.32 Å². The van der Waals surface area contributed by atoms with E-state index < -0.39 is 0 Å². The maximum Gasteiger partial charge on any atom is 0.0313 e. The third-order valence-corrected chi connectivity index (χ3v) is 3.73. The molecule has 1 heteroatoms.